The van der Waals surface area contributed by atoms with Crippen LogP contribution in [-0.2, 0) is 0 Å². The van der Waals surface area contributed by atoms with E-state index in [0.29, 0.717) is 5.25 Å². The van der Waals surface area contributed by atoms with Crippen molar-refractivity contribution in [2.24, 2.45) is 0 Å². The molecule has 0 nitrogen and oxygen atoms in total. The first-order valence-electron chi connectivity index (χ1n) is 11.8. The molecule has 176 valence electrons. The molecule has 6 rings (SSSR count). The highest BCUT2D eigenvalue weighted by Crippen LogP contribution is 2.50. The Morgan fingerprint density at radius 3 is 1.47 bits per heavy atom. The van der Waals surface area contributed by atoms with Crippen molar-refractivity contribution in [1.29, 1.82) is 0 Å². The number of thiophene rings is 1. The third-order valence-corrected chi connectivity index (χ3v) is 9.21. The number of hydrogen-bond acceptors (Lipinski definition) is 2. The Balaban J connectivity index is 1.13. The lowest BCUT2D eigenvalue weighted by Crippen LogP contribution is -1.84. The predicted molar refractivity (Wildman–Crippen MR) is 150 cm³/mol. The van der Waals surface area contributed by atoms with Crippen LogP contribution in [0.3, 0.4) is 0 Å². The van der Waals surface area contributed by atoms with E-state index in [1.165, 1.54) is 50.1 Å². The van der Waals surface area contributed by atoms with Gasteiger partial charge in [0.15, 0.2) is 0 Å². The summed E-state index contributed by atoms with van der Waals surface area (Å²) in [4.78, 5) is 3.95. The fraction of sp³-hybridized carbons (Fsp3) is 0.0625. The van der Waals surface area contributed by atoms with Crippen molar-refractivity contribution in [3.63, 3.8) is 0 Å². The third-order valence-electron chi connectivity index (χ3n) is 6.42. The fourth-order valence-corrected chi connectivity index (χ4v) is 6.90. The maximum Gasteiger partial charge on any atom is 0.123 e. The van der Waals surface area contributed by atoms with Crippen molar-refractivity contribution in [2.45, 2.75) is 11.7 Å². The van der Waals surface area contributed by atoms with E-state index in [0.717, 1.165) is 28.7 Å². The van der Waals surface area contributed by atoms with E-state index >= 15 is 0 Å². The highest BCUT2D eigenvalue weighted by Gasteiger charge is 2.22. The minimum atomic E-state index is -0.217. The van der Waals surface area contributed by atoms with E-state index in [2.05, 4.69) is 66.7 Å². The highest BCUT2D eigenvalue weighted by molar-refractivity contribution is 8.08. The van der Waals surface area contributed by atoms with Crippen molar-refractivity contribution in [1.82, 2.24) is 0 Å². The summed E-state index contributed by atoms with van der Waals surface area (Å²) in [5.74, 6) is -0.432. The van der Waals surface area contributed by atoms with Gasteiger partial charge < -0.3 is 0 Å². The average Bonchev–Trinajstić information content (AvgIpc) is 3.60. The van der Waals surface area contributed by atoms with Crippen LogP contribution in [0, 0.1) is 11.6 Å². The maximum absolute atomic E-state index is 13.2. The molecule has 36 heavy (non-hydrogen) atoms. The van der Waals surface area contributed by atoms with Gasteiger partial charge in [0.2, 0.25) is 0 Å². The normalized spacial score (nSPS) is 15.2. The quantitative estimate of drug-likeness (QED) is 0.228. The number of benzene rings is 4. The molecule has 0 fully saturated rings. The van der Waals surface area contributed by atoms with Crippen molar-refractivity contribution in [3.8, 4) is 32.7 Å². The van der Waals surface area contributed by atoms with Gasteiger partial charge >= 0.3 is 0 Å². The second kappa shape index (κ2) is 9.88. The van der Waals surface area contributed by atoms with Crippen LogP contribution < -0.4 is 0 Å². The average molecular weight is 509 g/mol. The van der Waals surface area contributed by atoms with Gasteiger partial charge in [-0.1, -0.05) is 78.9 Å². The molecule has 0 saturated carbocycles. The minimum absolute atomic E-state index is 0.215. The Morgan fingerprint density at radius 1 is 0.500 bits per heavy atom. The Kier molecular flexibility index (Phi) is 6.30. The SMILES string of the molecule is Fc1ccc(-c2ccc(C3=CCC(c4ccc(-c5ccc(-c6ccc(F)cc6)cc5)s4)S3)cc2)cc1. The molecule has 5 aromatic rings. The molecule has 0 radical (unpaired) electrons. The molecule has 0 N–H and O–H groups in total. The Hall–Kier alpha value is -3.47. The second-order valence-corrected chi connectivity index (χ2v) is 11.1. The van der Waals surface area contributed by atoms with Crippen LogP contribution in [-0.4, -0.2) is 0 Å². The zero-order valence-electron chi connectivity index (χ0n) is 19.3. The van der Waals surface area contributed by atoms with Gasteiger partial charge in [-0.2, -0.15) is 0 Å². The van der Waals surface area contributed by atoms with Gasteiger partial charge in [-0.15, -0.1) is 23.1 Å². The van der Waals surface area contributed by atoms with E-state index in [9.17, 15) is 8.78 Å². The first-order chi connectivity index (χ1) is 17.6. The molecule has 4 heteroatoms. The lowest BCUT2D eigenvalue weighted by molar-refractivity contribution is 0.627. The van der Waals surface area contributed by atoms with Crippen LogP contribution in [0.15, 0.2) is 115 Å². The number of thioether (sulfide) groups is 1. The smallest absolute Gasteiger partial charge is 0.123 e. The maximum atomic E-state index is 13.2. The molecule has 0 aliphatic carbocycles. The molecule has 0 amide bonds. The summed E-state index contributed by atoms with van der Waals surface area (Å²) < 4.78 is 26.4. The molecule has 1 unspecified atom stereocenters. The molecule has 1 aliphatic heterocycles. The van der Waals surface area contributed by atoms with Crippen LogP contribution in [0.5, 0.6) is 0 Å². The first-order valence-corrected chi connectivity index (χ1v) is 13.5. The van der Waals surface area contributed by atoms with Gasteiger partial charge in [-0.3, -0.25) is 0 Å². The number of allylic oxidation sites excluding steroid dienone is 1. The predicted octanol–water partition coefficient (Wildman–Crippen LogP) is 10.2. The van der Waals surface area contributed by atoms with Crippen LogP contribution >= 0.6 is 23.1 Å². The first kappa shape index (κ1) is 23.0. The summed E-state index contributed by atoms with van der Waals surface area (Å²) in [7, 11) is 0. The van der Waals surface area contributed by atoms with Gasteiger partial charge in [-0.25, -0.2) is 8.78 Å². The molecule has 0 saturated heterocycles. The lowest BCUT2D eigenvalue weighted by Gasteiger charge is -2.09. The number of hydrogen-bond donors (Lipinski definition) is 0. The summed E-state index contributed by atoms with van der Waals surface area (Å²) in [6.45, 7) is 0. The van der Waals surface area contributed by atoms with Gasteiger partial charge in [-0.05, 0) is 76.2 Å². The summed E-state index contributed by atoms with van der Waals surface area (Å²) in [6, 6.07) is 34.7. The number of halogens is 2. The number of rotatable bonds is 5. The summed E-state index contributed by atoms with van der Waals surface area (Å²) in [5, 5.41) is 0.425. The largest absolute Gasteiger partial charge is 0.207 e. The molecule has 1 atom stereocenters. The van der Waals surface area contributed by atoms with E-state index in [1.807, 2.05) is 47.4 Å². The summed E-state index contributed by atoms with van der Waals surface area (Å²) >= 11 is 3.77. The van der Waals surface area contributed by atoms with Gasteiger partial charge in [0.05, 0.1) is 0 Å². The van der Waals surface area contributed by atoms with E-state index in [1.54, 1.807) is 0 Å². The topological polar surface area (TPSA) is 0 Å². The summed E-state index contributed by atoms with van der Waals surface area (Å²) in [5.41, 5.74) is 6.63. The van der Waals surface area contributed by atoms with Crippen LogP contribution in [0.4, 0.5) is 8.78 Å². The van der Waals surface area contributed by atoms with Crippen molar-refractivity contribution >= 4 is 28.0 Å². The van der Waals surface area contributed by atoms with Gasteiger partial charge in [0, 0.05) is 19.9 Å². The van der Waals surface area contributed by atoms with Crippen LogP contribution in [0.25, 0.3) is 37.6 Å². The van der Waals surface area contributed by atoms with Crippen molar-refractivity contribution < 1.29 is 8.78 Å². The zero-order valence-corrected chi connectivity index (χ0v) is 21.0. The molecule has 0 bridgehead atoms. The lowest BCUT2D eigenvalue weighted by atomic mass is 10.0. The van der Waals surface area contributed by atoms with Crippen LogP contribution in [0.2, 0.25) is 0 Å². The van der Waals surface area contributed by atoms with Crippen molar-refractivity contribution in [3.05, 3.63) is 137 Å². The highest BCUT2D eigenvalue weighted by atomic mass is 32.2. The van der Waals surface area contributed by atoms with Gasteiger partial charge in [0.25, 0.3) is 0 Å². The van der Waals surface area contributed by atoms with E-state index < -0.39 is 0 Å². The zero-order chi connectivity index (χ0) is 24.5. The Labute approximate surface area is 218 Å². The van der Waals surface area contributed by atoms with Gasteiger partial charge in [0.1, 0.15) is 11.6 Å². The standard InChI is InChI=1S/C32H22F2S2/c33-27-13-9-23(10-14-27)21-1-5-25(6-2-21)29-17-19-31(35-29)32-20-18-30(36-32)26-7-3-22(4-8-26)24-11-15-28(34)16-12-24/h1-19,32H,20H2. The van der Waals surface area contributed by atoms with E-state index in [4.69, 9.17) is 0 Å². The second-order valence-electron chi connectivity index (χ2n) is 8.78. The molecular formula is C32H22F2S2. The third kappa shape index (κ3) is 4.79. The molecule has 1 aliphatic rings. The van der Waals surface area contributed by atoms with E-state index in [-0.39, 0.29) is 11.6 Å². The fourth-order valence-electron chi connectivity index (χ4n) is 4.44. The van der Waals surface area contributed by atoms with Crippen LogP contribution in [0.1, 0.15) is 22.1 Å². The minimum Gasteiger partial charge on any atom is -0.207 e. The molecule has 4 aromatic carbocycles. The van der Waals surface area contributed by atoms with Crippen molar-refractivity contribution in [2.75, 3.05) is 0 Å². The monoisotopic (exact) mass is 508 g/mol. The Morgan fingerprint density at radius 2 is 0.944 bits per heavy atom. The molecule has 0 spiro atoms. The Bertz CT molecular complexity index is 1510. The summed E-state index contributed by atoms with van der Waals surface area (Å²) in [6.07, 6.45) is 3.35. The molecule has 2 heterocycles. The molecular weight excluding hydrogens is 486 g/mol. The molecule has 1 aromatic heterocycles.